The summed E-state index contributed by atoms with van der Waals surface area (Å²) in [6.07, 6.45) is 0. The Kier molecular flexibility index (Phi) is 6.71. The third kappa shape index (κ3) is 6.98. The topological polar surface area (TPSA) is 24.5 Å². The SMILES string of the molecule is CCN(CCO[Si](C)(C)C)c1ccc(N[Si](C)(C)C)c(C)c1. The Balaban J connectivity index is 2.75. The van der Waals surface area contributed by atoms with Crippen molar-refractivity contribution in [2.75, 3.05) is 29.6 Å². The molecule has 0 radical (unpaired) electrons. The minimum absolute atomic E-state index is 0.817. The van der Waals surface area contributed by atoms with E-state index < -0.39 is 16.6 Å². The van der Waals surface area contributed by atoms with Gasteiger partial charge in [-0.3, -0.25) is 0 Å². The van der Waals surface area contributed by atoms with Gasteiger partial charge in [-0.05, 0) is 57.3 Å². The highest BCUT2D eigenvalue weighted by Gasteiger charge is 2.16. The Bertz CT molecular complexity index is 479. The summed E-state index contributed by atoms with van der Waals surface area (Å²) in [5.41, 5.74) is 3.89. The molecule has 0 aliphatic carbocycles. The average molecular weight is 339 g/mol. The molecule has 5 heteroatoms. The van der Waals surface area contributed by atoms with Gasteiger partial charge in [0.1, 0.15) is 8.24 Å². The molecular weight excluding hydrogens is 304 g/mol. The zero-order chi connectivity index (χ0) is 17.0. The van der Waals surface area contributed by atoms with E-state index in [0.717, 1.165) is 19.7 Å². The number of likely N-dealkylation sites (N-methyl/N-ethyl adjacent to an activating group) is 1. The predicted octanol–water partition coefficient (Wildman–Crippen LogP) is 4.92. The molecule has 126 valence electrons. The number of aryl methyl sites for hydroxylation is 1. The number of rotatable bonds is 8. The van der Waals surface area contributed by atoms with Crippen LogP contribution in [0.25, 0.3) is 0 Å². The van der Waals surface area contributed by atoms with Gasteiger partial charge in [0.15, 0.2) is 8.32 Å². The molecule has 1 aromatic carbocycles. The molecule has 0 aromatic heterocycles. The molecule has 0 heterocycles. The van der Waals surface area contributed by atoms with E-state index in [2.05, 4.69) is 81.2 Å². The van der Waals surface area contributed by atoms with Crippen molar-refractivity contribution in [3.05, 3.63) is 23.8 Å². The van der Waals surface area contributed by atoms with Crippen molar-refractivity contribution in [2.45, 2.75) is 53.1 Å². The fourth-order valence-corrected chi connectivity index (χ4v) is 4.11. The maximum atomic E-state index is 5.99. The molecule has 1 rings (SSSR count). The van der Waals surface area contributed by atoms with E-state index in [1.807, 2.05) is 0 Å². The second kappa shape index (κ2) is 7.66. The molecule has 0 atom stereocenters. The first-order valence-corrected chi connectivity index (χ1v) is 15.2. The van der Waals surface area contributed by atoms with Gasteiger partial charge in [-0.25, -0.2) is 0 Å². The minimum atomic E-state index is -1.42. The number of nitrogens with zero attached hydrogens (tertiary/aromatic N) is 1. The van der Waals surface area contributed by atoms with Crippen molar-refractivity contribution in [1.82, 2.24) is 0 Å². The minimum Gasteiger partial charge on any atom is -0.416 e. The largest absolute Gasteiger partial charge is 0.416 e. The maximum absolute atomic E-state index is 5.99. The first kappa shape index (κ1) is 19.3. The van der Waals surface area contributed by atoms with Crippen LogP contribution in [0.3, 0.4) is 0 Å². The summed E-state index contributed by atoms with van der Waals surface area (Å²) in [6.45, 7) is 20.9. The summed E-state index contributed by atoms with van der Waals surface area (Å²) in [6, 6.07) is 6.75. The van der Waals surface area contributed by atoms with Gasteiger partial charge in [0, 0.05) is 24.5 Å². The van der Waals surface area contributed by atoms with Crippen molar-refractivity contribution >= 4 is 27.9 Å². The van der Waals surface area contributed by atoms with E-state index in [4.69, 9.17) is 4.43 Å². The molecule has 0 saturated heterocycles. The molecule has 1 aromatic rings. The van der Waals surface area contributed by atoms with Crippen LogP contribution in [-0.2, 0) is 4.43 Å². The third-order valence-corrected chi connectivity index (χ3v) is 5.45. The van der Waals surface area contributed by atoms with E-state index in [0.29, 0.717) is 0 Å². The van der Waals surface area contributed by atoms with Crippen molar-refractivity contribution in [3.63, 3.8) is 0 Å². The summed E-state index contributed by atoms with van der Waals surface area (Å²) >= 11 is 0. The van der Waals surface area contributed by atoms with E-state index in [9.17, 15) is 0 Å². The van der Waals surface area contributed by atoms with Crippen LogP contribution in [0, 0.1) is 6.92 Å². The summed E-state index contributed by atoms with van der Waals surface area (Å²) < 4.78 is 5.99. The van der Waals surface area contributed by atoms with E-state index in [1.165, 1.54) is 16.9 Å². The number of nitrogens with one attached hydrogen (secondary N) is 1. The van der Waals surface area contributed by atoms with Crippen molar-refractivity contribution in [3.8, 4) is 0 Å². The fourth-order valence-electron chi connectivity index (χ4n) is 2.32. The van der Waals surface area contributed by atoms with Gasteiger partial charge in [0.25, 0.3) is 0 Å². The lowest BCUT2D eigenvalue weighted by molar-refractivity contribution is 0.318. The maximum Gasteiger partial charge on any atom is 0.183 e. The monoisotopic (exact) mass is 338 g/mol. The van der Waals surface area contributed by atoms with Crippen LogP contribution < -0.4 is 9.88 Å². The second-order valence-electron chi connectivity index (χ2n) is 7.91. The number of benzene rings is 1. The molecule has 0 spiro atoms. The van der Waals surface area contributed by atoms with E-state index >= 15 is 0 Å². The normalized spacial score (nSPS) is 12.4. The molecule has 0 saturated carbocycles. The van der Waals surface area contributed by atoms with Crippen LogP contribution >= 0.6 is 0 Å². The lowest BCUT2D eigenvalue weighted by Gasteiger charge is -2.27. The predicted molar refractivity (Wildman–Crippen MR) is 105 cm³/mol. The zero-order valence-electron chi connectivity index (χ0n) is 15.7. The van der Waals surface area contributed by atoms with Crippen LogP contribution in [0.1, 0.15) is 12.5 Å². The molecule has 1 N–H and O–H groups in total. The summed E-state index contributed by atoms with van der Waals surface area (Å²) in [7, 11) is -2.72. The third-order valence-electron chi connectivity index (χ3n) is 3.36. The summed E-state index contributed by atoms with van der Waals surface area (Å²) in [5.74, 6) is 0. The second-order valence-corrected chi connectivity index (χ2v) is 17.2. The number of hydrogen-bond acceptors (Lipinski definition) is 3. The van der Waals surface area contributed by atoms with Crippen LogP contribution in [0.5, 0.6) is 0 Å². The Labute approximate surface area is 139 Å². The lowest BCUT2D eigenvalue weighted by Crippen LogP contribution is -2.33. The highest BCUT2D eigenvalue weighted by molar-refractivity contribution is 6.79. The Morgan fingerprint density at radius 2 is 1.73 bits per heavy atom. The van der Waals surface area contributed by atoms with E-state index in [-0.39, 0.29) is 0 Å². The Morgan fingerprint density at radius 1 is 1.09 bits per heavy atom. The van der Waals surface area contributed by atoms with Crippen molar-refractivity contribution < 1.29 is 4.43 Å². The average Bonchev–Trinajstić information content (AvgIpc) is 2.34. The first-order valence-electron chi connectivity index (χ1n) is 8.29. The van der Waals surface area contributed by atoms with Crippen molar-refractivity contribution in [2.24, 2.45) is 0 Å². The molecule has 0 amide bonds. The standard InChI is InChI=1S/C17H34N2OSi2/c1-9-19(12-13-20-22(6,7)8)16-10-11-17(15(2)14-16)18-21(3,4)5/h10-11,14,18H,9,12-13H2,1-8H3. The number of anilines is 2. The van der Waals surface area contributed by atoms with Gasteiger partial charge < -0.3 is 14.3 Å². The Hall–Kier alpha value is -0.786. The molecular formula is C17H34N2OSi2. The smallest absolute Gasteiger partial charge is 0.183 e. The lowest BCUT2D eigenvalue weighted by atomic mass is 10.1. The van der Waals surface area contributed by atoms with Gasteiger partial charge in [0.2, 0.25) is 0 Å². The van der Waals surface area contributed by atoms with E-state index in [1.54, 1.807) is 0 Å². The number of hydrogen-bond donors (Lipinski definition) is 1. The quantitative estimate of drug-likeness (QED) is 0.681. The Morgan fingerprint density at radius 3 is 2.18 bits per heavy atom. The highest BCUT2D eigenvalue weighted by Crippen LogP contribution is 2.24. The highest BCUT2D eigenvalue weighted by atomic mass is 28.4. The molecule has 0 unspecified atom stereocenters. The molecule has 0 aliphatic rings. The molecule has 0 fully saturated rings. The fraction of sp³-hybridized carbons (Fsp3) is 0.647. The van der Waals surface area contributed by atoms with Gasteiger partial charge in [-0.15, -0.1) is 0 Å². The van der Waals surface area contributed by atoms with Crippen LogP contribution in [0.2, 0.25) is 39.3 Å². The molecule has 0 bridgehead atoms. The molecule has 22 heavy (non-hydrogen) atoms. The molecule has 0 aliphatic heterocycles. The van der Waals surface area contributed by atoms with Crippen molar-refractivity contribution in [1.29, 1.82) is 0 Å². The summed E-state index contributed by atoms with van der Waals surface area (Å²) in [4.78, 5) is 6.09. The van der Waals surface area contributed by atoms with Gasteiger partial charge >= 0.3 is 0 Å². The van der Waals surface area contributed by atoms with Crippen LogP contribution in [-0.4, -0.2) is 36.2 Å². The van der Waals surface area contributed by atoms with Gasteiger partial charge in [-0.2, -0.15) is 0 Å². The van der Waals surface area contributed by atoms with Gasteiger partial charge in [-0.1, -0.05) is 19.6 Å². The van der Waals surface area contributed by atoms with Crippen LogP contribution in [0.4, 0.5) is 11.4 Å². The zero-order valence-corrected chi connectivity index (χ0v) is 17.7. The molecule has 3 nitrogen and oxygen atoms in total. The summed E-state index contributed by atoms with van der Waals surface area (Å²) in [5, 5.41) is 0. The van der Waals surface area contributed by atoms with Crippen LogP contribution in [0.15, 0.2) is 18.2 Å². The first-order chi connectivity index (χ1) is 10.0. The van der Waals surface area contributed by atoms with Gasteiger partial charge in [0.05, 0.1) is 6.61 Å².